The minimum absolute atomic E-state index is 0.0303. The molecule has 1 aliphatic heterocycles. The van der Waals surface area contributed by atoms with Crippen molar-refractivity contribution in [1.29, 1.82) is 0 Å². The molecule has 0 bridgehead atoms. The lowest BCUT2D eigenvalue weighted by molar-refractivity contribution is -0.384. The summed E-state index contributed by atoms with van der Waals surface area (Å²) in [7, 11) is 1.51. The summed E-state index contributed by atoms with van der Waals surface area (Å²) in [5, 5.41) is 14.1. The monoisotopic (exact) mass is 266 g/mol. The van der Waals surface area contributed by atoms with Gasteiger partial charge in [-0.05, 0) is 25.8 Å². The van der Waals surface area contributed by atoms with E-state index in [1.807, 2.05) is 6.92 Å². The van der Waals surface area contributed by atoms with Crippen molar-refractivity contribution in [2.45, 2.75) is 31.9 Å². The highest BCUT2D eigenvalue weighted by molar-refractivity contribution is 5.61. The van der Waals surface area contributed by atoms with Crippen molar-refractivity contribution >= 4 is 11.4 Å². The lowest BCUT2D eigenvalue weighted by Gasteiger charge is -2.29. The first-order chi connectivity index (χ1) is 9.10. The lowest BCUT2D eigenvalue weighted by Crippen LogP contribution is -2.32. The maximum absolute atomic E-state index is 10.7. The first-order valence-electron chi connectivity index (χ1n) is 6.30. The zero-order valence-corrected chi connectivity index (χ0v) is 11.1. The van der Waals surface area contributed by atoms with Crippen LogP contribution in [0.5, 0.6) is 5.75 Å². The fourth-order valence-electron chi connectivity index (χ4n) is 2.26. The molecule has 104 valence electrons. The summed E-state index contributed by atoms with van der Waals surface area (Å²) in [6.45, 7) is 2.77. The van der Waals surface area contributed by atoms with E-state index in [-0.39, 0.29) is 11.8 Å². The van der Waals surface area contributed by atoms with Crippen LogP contribution in [0.4, 0.5) is 11.4 Å². The molecule has 1 aromatic carbocycles. The average molecular weight is 266 g/mol. The minimum atomic E-state index is -0.428. The van der Waals surface area contributed by atoms with Crippen LogP contribution in [-0.4, -0.2) is 30.8 Å². The predicted molar refractivity (Wildman–Crippen MR) is 71.7 cm³/mol. The predicted octanol–water partition coefficient (Wildman–Crippen LogP) is 2.58. The van der Waals surface area contributed by atoms with E-state index in [4.69, 9.17) is 9.47 Å². The van der Waals surface area contributed by atoms with Gasteiger partial charge in [0.1, 0.15) is 5.75 Å². The molecule has 0 radical (unpaired) electrons. The van der Waals surface area contributed by atoms with Crippen LogP contribution in [0.1, 0.15) is 19.8 Å². The highest BCUT2D eigenvalue weighted by atomic mass is 16.6. The van der Waals surface area contributed by atoms with Crippen molar-refractivity contribution < 1.29 is 14.4 Å². The van der Waals surface area contributed by atoms with Gasteiger partial charge >= 0.3 is 0 Å². The first-order valence-corrected chi connectivity index (χ1v) is 6.30. The number of anilines is 1. The van der Waals surface area contributed by atoms with Crippen molar-refractivity contribution in [2.75, 3.05) is 19.0 Å². The minimum Gasteiger partial charge on any atom is -0.494 e. The Morgan fingerprint density at radius 2 is 2.32 bits per heavy atom. The zero-order chi connectivity index (χ0) is 13.8. The Balaban J connectivity index is 2.13. The molecule has 1 aliphatic rings. The van der Waals surface area contributed by atoms with Crippen molar-refractivity contribution in [3.05, 3.63) is 28.3 Å². The van der Waals surface area contributed by atoms with E-state index in [9.17, 15) is 10.1 Å². The fourth-order valence-corrected chi connectivity index (χ4v) is 2.26. The molecule has 0 aliphatic carbocycles. The molecular weight excluding hydrogens is 248 g/mol. The van der Waals surface area contributed by atoms with Crippen LogP contribution in [0.25, 0.3) is 0 Å². The Morgan fingerprint density at radius 3 is 2.95 bits per heavy atom. The van der Waals surface area contributed by atoms with Crippen LogP contribution in [0.2, 0.25) is 0 Å². The molecule has 2 unspecified atom stereocenters. The number of methoxy groups -OCH3 is 1. The number of benzene rings is 1. The Morgan fingerprint density at radius 1 is 1.53 bits per heavy atom. The van der Waals surface area contributed by atoms with Gasteiger partial charge in [-0.3, -0.25) is 10.1 Å². The molecule has 0 saturated carbocycles. The summed E-state index contributed by atoms with van der Waals surface area (Å²) in [4.78, 5) is 10.3. The molecule has 2 atom stereocenters. The van der Waals surface area contributed by atoms with Crippen molar-refractivity contribution in [2.24, 2.45) is 0 Å². The second-order valence-electron chi connectivity index (χ2n) is 4.69. The third-order valence-electron chi connectivity index (χ3n) is 3.24. The molecule has 0 aromatic heterocycles. The van der Waals surface area contributed by atoms with E-state index in [2.05, 4.69) is 5.32 Å². The van der Waals surface area contributed by atoms with Gasteiger partial charge in [0.05, 0.1) is 29.9 Å². The van der Waals surface area contributed by atoms with E-state index < -0.39 is 4.92 Å². The summed E-state index contributed by atoms with van der Waals surface area (Å²) >= 11 is 0. The van der Waals surface area contributed by atoms with Crippen LogP contribution in [0.15, 0.2) is 18.2 Å². The van der Waals surface area contributed by atoms with Gasteiger partial charge in [0.15, 0.2) is 0 Å². The van der Waals surface area contributed by atoms with Crippen LogP contribution >= 0.6 is 0 Å². The number of rotatable bonds is 4. The smallest absolute Gasteiger partial charge is 0.273 e. The highest BCUT2D eigenvalue weighted by Gasteiger charge is 2.21. The topological polar surface area (TPSA) is 73.6 Å². The summed E-state index contributed by atoms with van der Waals surface area (Å²) in [6, 6.07) is 4.91. The third-order valence-corrected chi connectivity index (χ3v) is 3.24. The van der Waals surface area contributed by atoms with Gasteiger partial charge in [0, 0.05) is 18.7 Å². The second-order valence-corrected chi connectivity index (χ2v) is 4.69. The van der Waals surface area contributed by atoms with Crippen LogP contribution < -0.4 is 10.1 Å². The van der Waals surface area contributed by atoms with Crippen molar-refractivity contribution in [3.8, 4) is 5.75 Å². The first kappa shape index (κ1) is 13.6. The van der Waals surface area contributed by atoms with E-state index in [1.165, 1.54) is 19.2 Å². The van der Waals surface area contributed by atoms with E-state index in [1.54, 1.807) is 6.07 Å². The van der Waals surface area contributed by atoms with Gasteiger partial charge in [-0.2, -0.15) is 0 Å². The molecule has 6 heteroatoms. The number of hydrogen-bond acceptors (Lipinski definition) is 5. The van der Waals surface area contributed by atoms with Gasteiger partial charge in [-0.25, -0.2) is 0 Å². The fraction of sp³-hybridized carbons (Fsp3) is 0.538. The molecule has 1 fully saturated rings. The van der Waals surface area contributed by atoms with Gasteiger partial charge in [-0.15, -0.1) is 0 Å². The highest BCUT2D eigenvalue weighted by Crippen LogP contribution is 2.31. The van der Waals surface area contributed by atoms with Crippen molar-refractivity contribution in [3.63, 3.8) is 0 Å². The average Bonchev–Trinajstić information content (AvgIpc) is 2.39. The van der Waals surface area contributed by atoms with Crippen LogP contribution in [0, 0.1) is 10.1 Å². The Hall–Kier alpha value is -1.82. The number of nitrogens with zero attached hydrogens (tertiary/aromatic N) is 1. The maximum Gasteiger partial charge on any atom is 0.273 e. The number of nitrogens with one attached hydrogen (secondary N) is 1. The molecular formula is C13H18N2O4. The quantitative estimate of drug-likeness (QED) is 0.669. The summed E-state index contributed by atoms with van der Waals surface area (Å²) in [5.74, 6) is 0.494. The van der Waals surface area contributed by atoms with Crippen LogP contribution in [0.3, 0.4) is 0 Å². The molecule has 0 amide bonds. The molecule has 6 nitrogen and oxygen atoms in total. The summed E-state index contributed by atoms with van der Waals surface area (Å²) in [5.41, 5.74) is 0.815. The summed E-state index contributed by atoms with van der Waals surface area (Å²) in [6.07, 6.45) is 2.07. The summed E-state index contributed by atoms with van der Waals surface area (Å²) < 4.78 is 10.7. The number of nitro benzene ring substituents is 1. The van der Waals surface area contributed by atoms with Gasteiger partial charge in [0.2, 0.25) is 0 Å². The molecule has 1 saturated heterocycles. The number of nitro groups is 1. The van der Waals surface area contributed by atoms with Gasteiger partial charge in [0.25, 0.3) is 5.69 Å². The SMILES string of the molecule is COc1cc([N+](=O)[O-])ccc1NC1CCOC(C)C1. The Kier molecular flexibility index (Phi) is 4.21. The second kappa shape index (κ2) is 5.88. The molecule has 1 heterocycles. The number of non-ortho nitro benzene ring substituents is 1. The van der Waals surface area contributed by atoms with Crippen LogP contribution in [-0.2, 0) is 4.74 Å². The van der Waals surface area contributed by atoms with Crippen molar-refractivity contribution in [1.82, 2.24) is 0 Å². The molecule has 0 spiro atoms. The molecule has 19 heavy (non-hydrogen) atoms. The van der Waals surface area contributed by atoms with Gasteiger partial charge < -0.3 is 14.8 Å². The number of ether oxygens (including phenoxy) is 2. The van der Waals surface area contributed by atoms with E-state index in [0.29, 0.717) is 11.8 Å². The zero-order valence-electron chi connectivity index (χ0n) is 11.1. The maximum atomic E-state index is 10.7. The molecule has 1 N–H and O–H groups in total. The van der Waals surface area contributed by atoms with E-state index >= 15 is 0 Å². The lowest BCUT2D eigenvalue weighted by atomic mass is 10.0. The number of hydrogen-bond donors (Lipinski definition) is 1. The third kappa shape index (κ3) is 3.35. The Labute approximate surface area is 111 Å². The molecule has 1 aromatic rings. The van der Waals surface area contributed by atoms with E-state index in [0.717, 1.165) is 25.1 Å². The largest absolute Gasteiger partial charge is 0.494 e. The Bertz CT molecular complexity index is 464. The molecule has 2 rings (SSSR count). The van der Waals surface area contributed by atoms with Gasteiger partial charge in [-0.1, -0.05) is 0 Å². The normalized spacial score (nSPS) is 22.8. The standard InChI is InChI=1S/C13H18N2O4/c1-9-7-10(5-6-19-9)14-12-4-3-11(15(16)17)8-13(12)18-2/h3-4,8-10,14H,5-7H2,1-2H3.